The third-order valence-corrected chi connectivity index (χ3v) is 5.52. The van der Waals surface area contributed by atoms with Crippen molar-refractivity contribution < 1.29 is 23.5 Å². The van der Waals surface area contributed by atoms with Gasteiger partial charge in [0.1, 0.15) is 11.5 Å². The van der Waals surface area contributed by atoms with Gasteiger partial charge in [-0.2, -0.15) is 0 Å². The summed E-state index contributed by atoms with van der Waals surface area (Å²) in [6.07, 6.45) is 0. The number of hydrogen-bond donors (Lipinski definition) is 2. The lowest BCUT2D eigenvalue weighted by atomic mass is 10.1. The van der Waals surface area contributed by atoms with Gasteiger partial charge in [-0.25, -0.2) is 0 Å². The first-order valence-electron chi connectivity index (χ1n) is 9.72. The molecular weight excluding hydrogens is 432 g/mol. The van der Waals surface area contributed by atoms with Gasteiger partial charge in [0.25, 0.3) is 11.1 Å². The smallest absolute Gasteiger partial charge is 0.277 e. The van der Waals surface area contributed by atoms with E-state index < -0.39 is 0 Å². The molecule has 1 aromatic heterocycles. The Bertz CT molecular complexity index is 1120. The molecule has 9 nitrogen and oxygen atoms in total. The average Bonchev–Trinajstić information content (AvgIpc) is 3.27. The molecule has 1 heterocycles. The molecule has 2 amide bonds. The topological polar surface area (TPSA) is 116 Å². The van der Waals surface area contributed by atoms with Crippen molar-refractivity contribution in [1.82, 2.24) is 15.5 Å². The molecule has 3 aromatic rings. The zero-order chi connectivity index (χ0) is 23.1. The summed E-state index contributed by atoms with van der Waals surface area (Å²) in [6, 6.07) is 10.9. The minimum atomic E-state index is -0.326. The van der Waals surface area contributed by atoms with Crippen molar-refractivity contribution >= 4 is 29.3 Å². The van der Waals surface area contributed by atoms with Crippen molar-refractivity contribution in [3.05, 3.63) is 47.5 Å². The van der Waals surface area contributed by atoms with Crippen LogP contribution in [-0.4, -0.2) is 48.5 Å². The number of nitrogens with zero attached hydrogens (tertiary/aromatic N) is 2. The maximum Gasteiger partial charge on any atom is 0.277 e. The Balaban J connectivity index is 1.50. The highest BCUT2D eigenvalue weighted by atomic mass is 32.2. The largest absolute Gasteiger partial charge is 0.497 e. The van der Waals surface area contributed by atoms with Gasteiger partial charge in [-0.3, -0.25) is 9.59 Å². The van der Waals surface area contributed by atoms with Crippen molar-refractivity contribution in [3.8, 4) is 23.0 Å². The second-order valence-corrected chi connectivity index (χ2v) is 7.73. The van der Waals surface area contributed by atoms with Gasteiger partial charge >= 0.3 is 0 Å². The van der Waals surface area contributed by atoms with Crippen molar-refractivity contribution in [2.45, 2.75) is 19.1 Å². The van der Waals surface area contributed by atoms with Gasteiger partial charge in [0.15, 0.2) is 0 Å². The highest BCUT2D eigenvalue weighted by Gasteiger charge is 2.16. The fourth-order valence-corrected chi connectivity index (χ4v) is 3.38. The van der Waals surface area contributed by atoms with E-state index in [1.807, 2.05) is 32.0 Å². The van der Waals surface area contributed by atoms with Gasteiger partial charge in [0.2, 0.25) is 11.8 Å². The number of ether oxygens (including phenoxy) is 2. The number of carbonyl (C=O) groups is 2. The molecule has 2 aromatic carbocycles. The summed E-state index contributed by atoms with van der Waals surface area (Å²) in [6.45, 7) is 3.77. The van der Waals surface area contributed by atoms with Crippen molar-refractivity contribution in [3.63, 3.8) is 0 Å². The minimum Gasteiger partial charge on any atom is -0.497 e. The van der Waals surface area contributed by atoms with Crippen LogP contribution in [0.4, 0.5) is 5.69 Å². The predicted octanol–water partition coefficient (Wildman–Crippen LogP) is 3.22. The quantitative estimate of drug-likeness (QED) is 0.472. The van der Waals surface area contributed by atoms with Crippen LogP contribution in [0.1, 0.15) is 11.1 Å². The third-order valence-electron chi connectivity index (χ3n) is 4.70. The van der Waals surface area contributed by atoms with E-state index in [1.165, 1.54) is 7.11 Å². The number of benzene rings is 2. The highest BCUT2D eigenvalue weighted by molar-refractivity contribution is 7.99. The van der Waals surface area contributed by atoms with E-state index in [1.54, 1.807) is 25.3 Å². The number of rotatable bonds is 9. The molecule has 0 radical (unpaired) electrons. The van der Waals surface area contributed by atoms with Crippen molar-refractivity contribution in [2.24, 2.45) is 0 Å². The molecule has 0 atom stereocenters. The Hall–Kier alpha value is -3.53. The summed E-state index contributed by atoms with van der Waals surface area (Å²) in [5.74, 6) is 0.824. The SMILES string of the molecule is COc1ccc(-c2nnc(SCC(=O)NCC(=O)Nc3cccc(C)c3C)o2)c(OC)c1. The molecule has 168 valence electrons. The lowest BCUT2D eigenvalue weighted by molar-refractivity contribution is -0.122. The van der Waals surface area contributed by atoms with Crippen LogP contribution in [-0.2, 0) is 9.59 Å². The Kier molecular flexibility index (Phi) is 7.72. The number of thioether (sulfide) groups is 1. The predicted molar refractivity (Wildman–Crippen MR) is 121 cm³/mol. The monoisotopic (exact) mass is 456 g/mol. The maximum absolute atomic E-state index is 12.1. The maximum atomic E-state index is 12.1. The van der Waals surface area contributed by atoms with Gasteiger partial charge < -0.3 is 24.5 Å². The average molecular weight is 457 g/mol. The Morgan fingerprint density at radius 2 is 1.88 bits per heavy atom. The molecule has 0 aliphatic rings. The molecule has 2 N–H and O–H groups in total. The zero-order valence-electron chi connectivity index (χ0n) is 18.2. The van der Waals surface area contributed by atoms with Crippen LogP contribution in [0.5, 0.6) is 11.5 Å². The molecule has 0 saturated heterocycles. The second kappa shape index (κ2) is 10.7. The summed E-state index contributed by atoms with van der Waals surface area (Å²) >= 11 is 1.08. The zero-order valence-corrected chi connectivity index (χ0v) is 19.0. The summed E-state index contributed by atoms with van der Waals surface area (Å²) in [7, 11) is 3.10. The number of methoxy groups -OCH3 is 2. The van der Waals surface area contributed by atoms with Crippen LogP contribution in [0.25, 0.3) is 11.5 Å². The lowest BCUT2D eigenvalue weighted by Crippen LogP contribution is -2.34. The second-order valence-electron chi connectivity index (χ2n) is 6.80. The first kappa shape index (κ1) is 23.1. The number of aryl methyl sites for hydroxylation is 1. The third kappa shape index (κ3) is 5.79. The van der Waals surface area contributed by atoms with Gasteiger partial charge in [0.05, 0.1) is 32.1 Å². The standard InChI is InChI=1S/C22H24N4O5S/c1-13-6-5-7-17(14(13)2)24-19(27)11-23-20(28)12-32-22-26-25-21(31-22)16-9-8-15(29-3)10-18(16)30-4/h5-10H,11-12H2,1-4H3,(H,23,28)(H,24,27). The molecular formula is C22H24N4O5S. The van der Waals surface area contributed by atoms with E-state index in [0.717, 1.165) is 28.6 Å². The molecule has 0 unspecified atom stereocenters. The molecule has 10 heteroatoms. The van der Waals surface area contributed by atoms with E-state index >= 15 is 0 Å². The summed E-state index contributed by atoms with van der Waals surface area (Å²) in [5.41, 5.74) is 3.41. The number of aromatic nitrogens is 2. The molecule has 0 fully saturated rings. The Morgan fingerprint density at radius 3 is 2.62 bits per heavy atom. The number of carbonyl (C=O) groups excluding carboxylic acids is 2. The molecule has 0 spiro atoms. The number of amides is 2. The number of hydrogen-bond acceptors (Lipinski definition) is 8. The van der Waals surface area contributed by atoms with Gasteiger partial charge in [-0.05, 0) is 43.2 Å². The summed E-state index contributed by atoms with van der Waals surface area (Å²) < 4.78 is 16.1. The number of anilines is 1. The molecule has 3 rings (SSSR count). The molecule has 0 bridgehead atoms. The van der Waals surface area contributed by atoms with E-state index in [2.05, 4.69) is 20.8 Å². The van der Waals surface area contributed by atoms with Crippen LogP contribution in [0.15, 0.2) is 46.0 Å². The normalized spacial score (nSPS) is 10.5. The van der Waals surface area contributed by atoms with E-state index in [9.17, 15) is 9.59 Å². The molecule has 0 aliphatic heterocycles. The summed E-state index contributed by atoms with van der Waals surface area (Å²) in [4.78, 5) is 24.2. The number of nitrogens with one attached hydrogen (secondary N) is 2. The van der Waals surface area contributed by atoms with Gasteiger partial charge in [0, 0.05) is 11.8 Å². The first-order valence-corrected chi connectivity index (χ1v) is 10.7. The van der Waals surface area contributed by atoms with E-state index in [-0.39, 0.29) is 35.2 Å². The summed E-state index contributed by atoms with van der Waals surface area (Å²) in [5, 5.41) is 13.6. The van der Waals surface area contributed by atoms with E-state index in [4.69, 9.17) is 13.9 Å². The minimum absolute atomic E-state index is 0.0259. The van der Waals surface area contributed by atoms with Gasteiger partial charge in [-0.1, -0.05) is 23.9 Å². The van der Waals surface area contributed by atoms with Crippen LogP contribution in [0.2, 0.25) is 0 Å². The fraction of sp³-hybridized carbons (Fsp3) is 0.273. The molecule has 0 aliphatic carbocycles. The Morgan fingerprint density at radius 1 is 1.06 bits per heavy atom. The van der Waals surface area contributed by atoms with E-state index in [0.29, 0.717) is 17.1 Å². The lowest BCUT2D eigenvalue weighted by Gasteiger charge is -2.10. The van der Waals surface area contributed by atoms with Crippen LogP contribution >= 0.6 is 11.8 Å². The molecule has 32 heavy (non-hydrogen) atoms. The van der Waals surface area contributed by atoms with Crippen molar-refractivity contribution in [2.75, 3.05) is 31.8 Å². The van der Waals surface area contributed by atoms with Crippen LogP contribution < -0.4 is 20.1 Å². The van der Waals surface area contributed by atoms with Crippen LogP contribution in [0.3, 0.4) is 0 Å². The molecule has 0 saturated carbocycles. The van der Waals surface area contributed by atoms with Crippen molar-refractivity contribution in [1.29, 1.82) is 0 Å². The fourth-order valence-electron chi connectivity index (χ4n) is 2.79. The van der Waals surface area contributed by atoms with Crippen LogP contribution in [0, 0.1) is 13.8 Å². The first-order chi connectivity index (χ1) is 15.4. The van der Waals surface area contributed by atoms with Gasteiger partial charge in [-0.15, -0.1) is 10.2 Å². The Labute approximate surface area is 189 Å². The highest BCUT2D eigenvalue weighted by Crippen LogP contribution is 2.33.